The summed E-state index contributed by atoms with van der Waals surface area (Å²) in [5.74, 6) is 0.856. The molecule has 1 heterocycles. The summed E-state index contributed by atoms with van der Waals surface area (Å²) >= 11 is 1.67. The van der Waals surface area contributed by atoms with E-state index in [1.54, 1.807) is 11.8 Å². The van der Waals surface area contributed by atoms with Crippen molar-refractivity contribution >= 4 is 17.6 Å². The van der Waals surface area contributed by atoms with Crippen molar-refractivity contribution in [3.8, 4) is 0 Å². The van der Waals surface area contributed by atoms with Crippen molar-refractivity contribution in [3.05, 3.63) is 59.4 Å². The summed E-state index contributed by atoms with van der Waals surface area (Å²) in [6.45, 7) is 3.89. The van der Waals surface area contributed by atoms with E-state index in [2.05, 4.69) is 35.4 Å². The Morgan fingerprint density at radius 3 is 2.71 bits per heavy atom. The monoisotopic (exact) mass is 300 g/mol. The molecule has 0 unspecified atom stereocenters. The highest BCUT2D eigenvalue weighted by Gasteiger charge is 2.11. The van der Waals surface area contributed by atoms with E-state index in [1.165, 1.54) is 28.2 Å². The molecule has 0 aromatic heterocycles. The fraction of sp³-hybridized carbons (Fsp3) is 0.235. The molecule has 0 aliphatic carbocycles. The van der Waals surface area contributed by atoms with E-state index in [4.69, 9.17) is 0 Å². The maximum absolute atomic E-state index is 13.0. The van der Waals surface area contributed by atoms with Crippen molar-refractivity contribution in [2.45, 2.75) is 23.1 Å². The molecule has 108 valence electrons. The van der Waals surface area contributed by atoms with Crippen molar-refractivity contribution in [3.63, 3.8) is 0 Å². The highest BCUT2D eigenvalue weighted by atomic mass is 32.2. The molecule has 0 radical (unpaired) electrons. The Morgan fingerprint density at radius 2 is 2.00 bits per heavy atom. The number of halogens is 1. The molecule has 0 spiro atoms. The van der Waals surface area contributed by atoms with Gasteiger partial charge in [-0.15, -0.1) is 0 Å². The van der Waals surface area contributed by atoms with E-state index in [1.807, 2.05) is 12.1 Å². The van der Waals surface area contributed by atoms with Crippen LogP contribution >= 0.6 is 11.8 Å². The number of nitrogens with one attached hydrogen (secondary N) is 1. The molecule has 0 amide bonds. The van der Waals surface area contributed by atoms with Crippen molar-refractivity contribution in [2.75, 3.05) is 13.1 Å². The quantitative estimate of drug-likeness (QED) is 0.928. The van der Waals surface area contributed by atoms with Gasteiger partial charge in [-0.1, -0.05) is 29.5 Å². The Kier molecular flexibility index (Phi) is 4.25. The molecule has 3 rings (SSSR count). The highest BCUT2D eigenvalue weighted by molar-refractivity contribution is 7.99. The predicted molar refractivity (Wildman–Crippen MR) is 85.7 cm³/mol. The number of aryl methyl sites for hydroxylation is 1. The van der Waals surface area contributed by atoms with Crippen molar-refractivity contribution in [1.29, 1.82) is 0 Å². The van der Waals surface area contributed by atoms with Gasteiger partial charge in [0.2, 0.25) is 0 Å². The maximum Gasteiger partial charge on any atom is 0.123 e. The second kappa shape index (κ2) is 6.31. The summed E-state index contributed by atoms with van der Waals surface area (Å²) in [6.07, 6.45) is 0.825. The summed E-state index contributed by atoms with van der Waals surface area (Å²) < 4.78 is 13.0. The molecule has 0 saturated carbocycles. The molecule has 0 atom stereocenters. The van der Waals surface area contributed by atoms with Crippen molar-refractivity contribution < 1.29 is 4.39 Å². The minimum Gasteiger partial charge on any atom is -0.372 e. The Morgan fingerprint density at radius 1 is 1.19 bits per heavy atom. The number of aliphatic imine (C=N–C) groups is 1. The second-order valence-electron chi connectivity index (χ2n) is 5.10. The average molecular weight is 300 g/mol. The first-order chi connectivity index (χ1) is 10.2. The first-order valence-corrected chi connectivity index (χ1v) is 7.82. The third-order valence-electron chi connectivity index (χ3n) is 3.36. The maximum atomic E-state index is 13.0. The number of amidine groups is 1. The fourth-order valence-electron chi connectivity index (χ4n) is 2.32. The molecule has 1 aliphatic heterocycles. The summed E-state index contributed by atoms with van der Waals surface area (Å²) in [6, 6.07) is 13.1. The highest BCUT2D eigenvalue weighted by Crippen LogP contribution is 2.31. The van der Waals surface area contributed by atoms with Gasteiger partial charge in [0.25, 0.3) is 0 Å². The van der Waals surface area contributed by atoms with Gasteiger partial charge in [-0.2, -0.15) is 0 Å². The minimum atomic E-state index is -0.201. The Labute approximate surface area is 128 Å². The van der Waals surface area contributed by atoms with Crippen LogP contribution in [-0.4, -0.2) is 18.9 Å². The molecule has 21 heavy (non-hydrogen) atoms. The topological polar surface area (TPSA) is 24.4 Å². The van der Waals surface area contributed by atoms with Crippen molar-refractivity contribution in [1.82, 2.24) is 5.32 Å². The third-order valence-corrected chi connectivity index (χ3v) is 4.48. The molecule has 0 bridgehead atoms. The zero-order chi connectivity index (χ0) is 14.7. The number of hydrogen-bond donors (Lipinski definition) is 1. The fourth-order valence-corrected chi connectivity index (χ4v) is 3.25. The predicted octanol–water partition coefficient (Wildman–Crippen LogP) is 3.83. The van der Waals surface area contributed by atoms with Gasteiger partial charge in [-0.3, -0.25) is 4.99 Å². The first-order valence-electron chi connectivity index (χ1n) is 7.01. The number of hydrogen-bond acceptors (Lipinski definition) is 3. The van der Waals surface area contributed by atoms with Crippen LogP contribution in [0.15, 0.2) is 57.2 Å². The summed E-state index contributed by atoms with van der Waals surface area (Å²) in [5, 5.41) is 3.31. The molecule has 0 fully saturated rings. The lowest BCUT2D eigenvalue weighted by Crippen LogP contribution is -2.20. The van der Waals surface area contributed by atoms with E-state index in [9.17, 15) is 4.39 Å². The Balaban J connectivity index is 1.84. The Hall–Kier alpha value is -1.81. The summed E-state index contributed by atoms with van der Waals surface area (Å²) in [7, 11) is 0. The summed E-state index contributed by atoms with van der Waals surface area (Å²) in [4.78, 5) is 6.71. The average Bonchev–Trinajstić information content (AvgIpc) is 2.97. The molecular weight excluding hydrogens is 283 g/mol. The van der Waals surface area contributed by atoms with E-state index in [0.29, 0.717) is 0 Å². The van der Waals surface area contributed by atoms with E-state index < -0.39 is 0 Å². The lowest BCUT2D eigenvalue weighted by Gasteiger charge is -2.11. The van der Waals surface area contributed by atoms with Gasteiger partial charge < -0.3 is 5.32 Å². The largest absolute Gasteiger partial charge is 0.372 e. The van der Waals surface area contributed by atoms with E-state index in [-0.39, 0.29) is 5.82 Å². The lowest BCUT2D eigenvalue weighted by molar-refractivity contribution is 0.626. The first kappa shape index (κ1) is 14.1. The molecule has 1 aliphatic rings. The van der Waals surface area contributed by atoms with E-state index >= 15 is 0 Å². The smallest absolute Gasteiger partial charge is 0.123 e. The van der Waals surface area contributed by atoms with Crippen LogP contribution in [0.4, 0.5) is 4.39 Å². The van der Waals surface area contributed by atoms with Gasteiger partial charge in [0.05, 0.1) is 6.54 Å². The van der Waals surface area contributed by atoms with Gasteiger partial charge in [-0.25, -0.2) is 4.39 Å². The molecular formula is C17H17FN2S. The van der Waals surface area contributed by atoms with Crippen LogP contribution in [0.2, 0.25) is 0 Å². The normalized spacial score (nSPS) is 13.9. The number of benzene rings is 2. The minimum absolute atomic E-state index is 0.201. The second-order valence-corrected chi connectivity index (χ2v) is 6.21. The zero-order valence-electron chi connectivity index (χ0n) is 11.9. The van der Waals surface area contributed by atoms with Crippen LogP contribution < -0.4 is 5.32 Å². The van der Waals surface area contributed by atoms with Gasteiger partial charge >= 0.3 is 0 Å². The van der Waals surface area contributed by atoms with Gasteiger partial charge in [0.1, 0.15) is 11.7 Å². The number of nitrogens with zero attached hydrogens (tertiary/aromatic N) is 1. The zero-order valence-corrected chi connectivity index (χ0v) is 12.7. The molecule has 0 saturated heterocycles. The van der Waals surface area contributed by atoms with Gasteiger partial charge in [0, 0.05) is 22.8 Å². The van der Waals surface area contributed by atoms with Gasteiger partial charge in [0.15, 0.2) is 0 Å². The molecule has 2 aromatic carbocycles. The molecule has 1 N–H and O–H groups in total. The molecule has 4 heteroatoms. The summed E-state index contributed by atoms with van der Waals surface area (Å²) in [5.41, 5.74) is 2.50. The van der Waals surface area contributed by atoms with Crippen LogP contribution in [-0.2, 0) is 6.42 Å². The SMILES string of the molecule is Cc1ccc(Sc2ccc(F)cc2)c(CC2=NCCN2)c1. The standard InChI is InChI=1S/C17H17FN2S/c1-12-2-7-16(21-15-5-3-14(18)4-6-15)13(10-12)11-17-19-8-9-20-17/h2-7,10H,8-9,11H2,1H3,(H,19,20). The lowest BCUT2D eigenvalue weighted by atomic mass is 10.1. The van der Waals surface area contributed by atoms with Crippen LogP contribution in [0.3, 0.4) is 0 Å². The number of rotatable bonds is 4. The molecule has 2 aromatic rings. The van der Waals surface area contributed by atoms with E-state index in [0.717, 1.165) is 30.2 Å². The van der Waals surface area contributed by atoms with Gasteiger partial charge in [-0.05, 0) is 42.8 Å². The van der Waals surface area contributed by atoms with Crippen LogP contribution in [0.5, 0.6) is 0 Å². The van der Waals surface area contributed by atoms with Crippen LogP contribution in [0.25, 0.3) is 0 Å². The van der Waals surface area contributed by atoms with Crippen molar-refractivity contribution in [2.24, 2.45) is 4.99 Å². The Bertz CT molecular complexity index is 665. The molecule has 2 nitrogen and oxygen atoms in total. The van der Waals surface area contributed by atoms with Crippen LogP contribution in [0.1, 0.15) is 11.1 Å². The third kappa shape index (κ3) is 3.64. The van der Waals surface area contributed by atoms with Crippen LogP contribution in [0, 0.1) is 12.7 Å².